The Labute approximate surface area is 159 Å². The molecule has 1 aliphatic rings. The Balaban J connectivity index is 1.60. The second kappa shape index (κ2) is 11.1. The summed E-state index contributed by atoms with van der Waals surface area (Å²) in [7, 11) is 5.79. The second-order valence-electron chi connectivity index (χ2n) is 7.41. The molecule has 0 unspecified atom stereocenters. The van der Waals surface area contributed by atoms with Gasteiger partial charge in [-0.3, -0.25) is 4.99 Å². The number of anilines is 1. The molecule has 2 rings (SSSR count). The van der Waals surface area contributed by atoms with Crippen molar-refractivity contribution in [2.24, 2.45) is 10.4 Å². The zero-order chi connectivity index (χ0) is 18.7. The van der Waals surface area contributed by atoms with E-state index in [0.717, 1.165) is 51.5 Å². The van der Waals surface area contributed by atoms with Crippen molar-refractivity contribution in [3.63, 3.8) is 0 Å². The molecule has 2 N–H and O–H groups in total. The van der Waals surface area contributed by atoms with Gasteiger partial charge in [-0.05, 0) is 49.7 Å². The minimum absolute atomic E-state index is 0.409. The molecule has 0 aliphatic heterocycles. The standard InChI is InChI=1S/C21H36N4O/c1-22-20(24-18-21(12-9-13-21)14-17-26-3)23-15-7-8-16-25(2)19-10-5-4-6-11-19/h4-6,10-11H,7-9,12-18H2,1-3H3,(H2,22,23,24). The summed E-state index contributed by atoms with van der Waals surface area (Å²) >= 11 is 0. The molecule has 1 saturated carbocycles. The number of rotatable bonds is 11. The average Bonchev–Trinajstić information content (AvgIpc) is 2.65. The Hall–Kier alpha value is -1.75. The quantitative estimate of drug-likeness (QED) is 0.361. The third-order valence-electron chi connectivity index (χ3n) is 5.51. The van der Waals surface area contributed by atoms with Crippen LogP contribution in [0.25, 0.3) is 0 Å². The predicted molar refractivity (Wildman–Crippen MR) is 111 cm³/mol. The van der Waals surface area contributed by atoms with E-state index in [0.29, 0.717) is 5.41 Å². The monoisotopic (exact) mass is 360 g/mol. The second-order valence-corrected chi connectivity index (χ2v) is 7.41. The van der Waals surface area contributed by atoms with Crippen LogP contribution in [0.1, 0.15) is 38.5 Å². The fraction of sp³-hybridized carbons (Fsp3) is 0.667. The summed E-state index contributed by atoms with van der Waals surface area (Å²) < 4.78 is 5.27. The van der Waals surface area contributed by atoms with Gasteiger partial charge >= 0.3 is 0 Å². The number of hydrogen-bond acceptors (Lipinski definition) is 3. The van der Waals surface area contributed by atoms with Crippen LogP contribution in [0.5, 0.6) is 0 Å². The van der Waals surface area contributed by atoms with Crippen molar-refractivity contribution < 1.29 is 4.74 Å². The molecule has 146 valence electrons. The lowest BCUT2D eigenvalue weighted by molar-refractivity contribution is 0.0732. The van der Waals surface area contributed by atoms with Gasteiger partial charge in [0.25, 0.3) is 0 Å². The van der Waals surface area contributed by atoms with Gasteiger partial charge in [0.15, 0.2) is 5.96 Å². The summed E-state index contributed by atoms with van der Waals surface area (Å²) in [6.07, 6.45) is 7.36. The summed E-state index contributed by atoms with van der Waals surface area (Å²) in [6.45, 7) is 3.86. The van der Waals surface area contributed by atoms with Crippen LogP contribution in [0.4, 0.5) is 5.69 Å². The summed E-state index contributed by atoms with van der Waals surface area (Å²) in [5.74, 6) is 0.921. The van der Waals surface area contributed by atoms with Gasteiger partial charge in [0, 0.05) is 53.1 Å². The lowest BCUT2D eigenvalue weighted by Crippen LogP contribution is -2.47. The van der Waals surface area contributed by atoms with E-state index < -0.39 is 0 Å². The van der Waals surface area contributed by atoms with Crippen LogP contribution in [0, 0.1) is 5.41 Å². The molecule has 5 nitrogen and oxygen atoms in total. The number of benzene rings is 1. The molecule has 1 aromatic carbocycles. The van der Waals surface area contributed by atoms with E-state index in [9.17, 15) is 0 Å². The van der Waals surface area contributed by atoms with Gasteiger partial charge in [-0.15, -0.1) is 0 Å². The van der Waals surface area contributed by atoms with Crippen molar-refractivity contribution in [1.29, 1.82) is 0 Å². The molecule has 5 heteroatoms. The van der Waals surface area contributed by atoms with E-state index in [-0.39, 0.29) is 0 Å². The number of nitrogens with zero attached hydrogens (tertiary/aromatic N) is 2. The average molecular weight is 361 g/mol. The van der Waals surface area contributed by atoms with Crippen molar-refractivity contribution in [1.82, 2.24) is 10.6 Å². The summed E-state index contributed by atoms with van der Waals surface area (Å²) in [6, 6.07) is 10.5. The molecule has 0 bridgehead atoms. The van der Waals surface area contributed by atoms with E-state index >= 15 is 0 Å². The molecule has 0 amide bonds. The van der Waals surface area contributed by atoms with E-state index in [1.165, 1.54) is 24.9 Å². The molecule has 0 radical (unpaired) electrons. The third kappa shape index (κ3) is 6.52. The first-order valence-corrected chi connectivity index (χ1v) is 9.89. The maximum absolute atomic E-state index is 5.27. The highest BCUT2D eigenvalue weighted by molar-refractivity contribution is 5.79. The Morgan fingerprint density at radius 3 is 2.58 bits per heavy atom. The number of para-hydroxylation sites is 1. The highest BCUT2D eigenvalue weighted by atomic mass is 16.5. The van der Waals surface area contributed by atoms with Crippen LogP contribution in [-0.2, 0) is 4.74 Å². The SMILES string of the molecule is CN=C(NCCCCN(C)c1ccccc1)NCC1(CCOC)CCC1. The van der Waals surface area contributed by atoms with Gasteiger partial charge in [-0.25, -0.2) is 0 Å². The minimum atomic E-state index is 0.409. The molecule has 1 aromatic rings. The van der Waals surface area contributed by atoms with E-state index in [1.54, 1.807) is 7.11 Å². The first-order valence-electron chi connectivity index (χ1n) is 9.89. The lowest BCUT2D eigenvalue weighted by Gasteiger charge is -2.42. The normalized spacial score (nSPS) is 16.0. The Bertz CT molecular complexity index is 528. The molecule has 1 fully saturated rings. The van der Waals surface area contributed by atoms with Crippen LogP contribution >= 0.6 is 0 Å². The minimum Gasteiger partial charge on any atom is -0.385 e. The zero-order valence-corrected chi connectivity index (χ0v) is 16.8. The van der Waals surface area contributed by atoms with Crippen LogP contribution in [0.15, 0.2) is 35.3 Å². The molecule has 0 saturated heterocycles. The fourth-order valence-electron chi connectivity index (χ4n) is 3.49. The van der Waals surface area contributed by atoms with Gasteiger partial charge < -0.3 is 20.3 Å². The van der Waals surface area contributed by atoms with E-state index in [2.05, 4.69) is 57.9 Å². The molecule has 0 aromatic heterocycles. The first kappa shape index (κ1) is 20.6. The Morgan fingerprint density at radius 2 is 1.96 bits per heavy atom. The molecule has 0 spiro atoms. The van der Waals surface area contributed by atoms with Crippen molar-refractivity contribution in [2.75, 3.05) is 52.3 Å². The third-order valence-corrected chi connectivity index (χ3v) is 5.51. The topological polar surface area (TPSA) is 48.9 Å². The highest BCUT2D eigenvalue weighted by Gasteiger charge is 2.36. The fourth-order valence-corrected chi connectivity index (χ4v) is 3.49. The maximum Gasteiger partial charge on any atom is 0.190 e. The van der Waals surface area contributed by atoms with Crippen LogP contribution in [0.3, 0.4) is 0 Å². The molecule has 0 atom stereocenters. The smallest absolute Gasteiger partial charge is 0.190 e. The van der Waals surface area contributed by atoms with Crippen molar-refractivity contribution >= 4 is 11.6 Å². The zero-order valence-electron chi connectivity index (χ0n) is 16.8. The number of aliphatic imine (C=N–C) groups is 1. The molecule has 0 heterocycles. The predicted octanol–water partition coefficient (Wildman–Crippen LogP) is 3.27. The highest BCUT2D eigenvalue weighted by Crippen LogP contribution is 2.43. The van der Waals surface area contributed by atoms with Crippen molar-refractivity contribution in [2.45, 2.75) is 38.5 Å². The number of hydrogen-bond donors (Lipinski definition) is 2. The first-order chi connectivity index (χ1) is 12.7. The number of ether oxygens (including phenoxy) is 1. The van der Waals surface area contributed by atoms with Gasteiger partial charge in [0.2, 0.25) is 0 Å². The summed E-state index contributed by atoms with van der Waals surface area (Å²) in [5, 5.41) is 6.97. The molecule has 26 heavy (non-hydrogen) atoms. The molecular formula is C21H36N4O. The molecule has 1 aliphatic carbocycles. The number of unbranched alkanes of at least 4 members (excludes halogenated alkanes) is 1. The Morgan fingerprint density at radius 1 is 1.19 bits per heavy atom. The summed E-state index contributed by atoms with van der Waals surface area (Å²) in [4.78, 5) is 6.67. The van der Waals surface area contributed by atoms with E-state index in [4.69, 9.17) is 4.74 Å². The van der Waals surface area contributed by atoms with Crippen LogP contribution < -0.4 is 15.5 Å². The summed E-state index contributed by atoms with van der Waals surface area (Å²) in [5.41, 5.74) is 1.69. The van der Waals surface area contributed by atoms with Crippen molar-refractivity contribution in [3.05, 3.63) is 30.3 Å². The maximum atomic E-state index is 5.27. The van der Waals surface area contributed by atoms with Crippen LogP contribution in [-0.4, -0.2) is 53.4 Å². The Kier molecular flexibility index (Phi) is 8.75. The largest absolute Gasteiger partial charge is 0.385 e. The molecular weight excluding hydrogens is 324 g/mol. The van der Waals surface area contributed by atoms with Crippen LogP contribution in [0.2, 0.25) is 0 Å². The lowest BCUT2D eigenvalue weighted by atomic mass is 9.67. The number of nitrogens with one attached hydrogen (secondary N) is 2. The van der Waals surface area contributed by atoms with Gasteiger partial charge in [-0.2, -0.15) is 0 Å². The number of methoxy groups -OCH3 is 1. The van der Waals surface area contributed by atoms with Gasteiger partial charge in [-0.1, -0.05) is 24.6 Å². The van der Waals surface area contributed by atoms with Gasteiger partial charge in [0.05, 0.1) is 0 Å². The van der Waals surface area contributed by atoms with Crippen molar-refractivity contribution in [3.8, 4) is 0 Å². The number of guanidine groups is 1. The van der Waals surface area contributed by atoms with Gasteiger partial charge in [0.1, 0.15) is 0 Å². The van der Waals surface area contributed by atoms with E-state index in [1.807, 2.05) is 7.05 Å².